The Morgan fingerprint density at radius 3 is 1.79 bits per heavy atom. The van der Waals surface area contributed by atoms with E-state index in [-0.39, 0.29) is 17.6 Å². The fourth-order valence-electron chi connectivity index (χ4n) is 3.24. The molecule has 0 aliphatic heterocycles. The molecular formula is C27H36N2O3S2. The molecule has 2 N–H and O–H groups in total. The molecule has 0 spiro atoms. The first-order valence-electron chi connectivity index (χ1n) is 12.0. The second-order valence-corrected chi connectivity index (χ2v) is 10.7. The van der Waals surface area contributed by atoms with Gasteiger partial charge in [0.1, 0.15) is 5.78 Å². The van der Waals surface area contributed by atoms with E-state index in [4.69, 9.17) is 0 Å². The highest BCUT2D eigenvalue weighted by atomic mass is 33.1. The highest BCUT2D eigenvalue weighted by Crippen LogP contribution is 2.37. The first kappa shape index (κ1) is 28.0. The van der Waals surface area contributed by atoms with E-state index in [0.717, 1.165) is 43.4 Å². The number of benzene rings is 2. The maximum atomic E-state index is 12.3. The molecule has 0 atom stereocenters. The molecule has 0 heterocycles. The van der Waals surface area contributed by atoms with E-state index >= 15 is 0 Å². The van der Waals surface area contributed by atoms with Gasteiger partial charge < -0.3 is 15.4 Å². The summed E-state index contributed by atoms with van der Waals surface area (Å²) in [5, 5.41) is 5.91. The number of amides is 2. The summed E-state index contributed by atoms with van der Waals surface area (Å²) >= 11 is 0. The minimum atomic E-state index is -0.0419. The van der Waals surface area contributed by atoms with Crippen LogP contribution >= 0.6 is 21.6 Å². The fraction of sp³-hybridized carbons (Fsp3) is 0.444. The minimum Gasteiger partial charge on any atom is -0.356 e. The van der Waals surface area contributed by atoms with Gasteiger partial charge in [-0.05, 0) is 75.9 Å². The fourth-order valence-corrected chi connectivity index (χ4v) is 5.17. The SMILES string of the molecule is CC(=O)CCCCC(=O)NCCCCCCNC(=O)c1ccc(SSc2ccc(C)cc2)cc1. The third-order valence-corrected chi connectivity index (χ3v) is 7.68. The first-order chi connectivity index (χ1) is 16.4. The molecule has 0 aliphatic carbocycles. The molecule has 0 unspecified atom stereocenters. The standard InChI is InChI=1S/C27H36N2O3S2/c1-21-11-15-24(16-12-21)33-34-25-17-13-23(14-18-25)27(32)29-20-8-4-3-7-19-28-26(31)10-6-5-9-22(2)30/h11-18H,3-10,19-20H2,1-2H3,(H,28,31)(H,29,32). The van der Waals surface area contributed by atoms with E-state index in [2.05, 4.69) is 41.8 Å². The van der Waals surface area contributed by atoms with Gasteiger partial charge in [0.25, 0.3) is 5.91 Å². The van der Waals surface area contributed by atoms with E-state index in [1.807, 2.05) is 24.3 Å². The summed E-state index contributed by atoms with van der Waals surface area (Å²) in [5.74, 6) is 0.200. The number of ketones is 1. The van der Waals surface area contributed by atoms with Gasteiger partial charge in [0.15, 0.2) is 0 Å². The largest absolute Gasteiger partial charge is 0.356 e. The summed E-state index contributed by atoms with van der Waals surface area (Å²) in [6.07, 6.45) is 6.49. The molecule has 0 saturated heterocycles. The lowest BCUT2D eigenvalue weighted by atomic mass is 10.1. The van der Waals surface area contributed by atoms with Gasteiger partial charge in [-0.3, -0.25) is 9.59 Å². The third kappa shape index (κ3) is 12.3. The second kappa shape index (κ2) is 16.4. The van der Waals surface area contributed by atoms with E-state index in [0.29, 0.717) is 31.5 Å². The number of unbranched alkanes of at least 4 members (excludes halogenated alkanes) is 4. The number of carbonyl (C=O) groups is 3. The Balaban J connectivity index is 1.50. The lowest BCUT2D eigenvalue weighted by molar-refractivity contribution is -0.121. The molecule has 0 aromatic heterocycles. The van der Waals surface area contributed by atoms with E-state index < -0.39 is 0 Å². The summed E-state index contributed by atoms with van der Waals surface area (Å²) in [5.41, 5.74) is 1.93. The zero-order valence-electron chi connectivity index (χ0n) is 20.2. The molecule has 2 rings (SSSR count). The Bertz CT molecular complexity index is 899. The van der Waals surface area contributed by atoms with Crippen LogP contribution in [0.1, 0.15) is 74.2 Å². The maximum Gasteiger partial charge on any atom is 0.251 e. The average molecular weight is 501 g/mol. The van der Waals surface area contributed by atoms with Crippen molar-refractivity contribution in [2.24, 2.45) is 0 Å². The average Bonchev–Trinajstić information content (AvgIpc) is 2.83. The van der Waals surface area contributed by atoms with Crippen LogP contribution in [0.5, 0.6) is 0 Å². The van der Waals surface area contributed by atoms with Crippen molar-refractivity contribution >= 4 is 39.2 Å². The molecule has 184 valence electrons. The Morgan fingerprint density at radius 1 is 0.676 bits per heavy atom. The van der Waals surface area contributed by atoms with Crippen molar-refractivity contribution < 1.29 is 14.4 Å². The summed E-state index contributed by atoms with van der Waals surface area (Å²) < 4.78 is 0. The van der Waals surface area contributed by atoms with E-state index in [1.165, 1.54) is 10.5 Å². The van der Waals surface area contributed by atoms with Crippen LogP contribution in [0, 0.1) is 6.92 Å². The molecule has 2 amide bonds. The molecule has 0 radical (unpaired) electrons. The van der Waals surface area contributed by atoms with Crippen molar-refractivity contribution in [3.05, 3.63) is 59.7 Å². The van der Waals surface area contributed by atoms with Crippen LogP contribution in [0.15, 0.2) is 58.3 Å². The van der Waals surface area contributed by atoms with Crippen molar-refractivity contribution in [2.45, 2.75) is 75.0 Å². The topological polar surface area (TPSA) is 75.3 Å². The van der Waals surface area contributed by atoms with Crippen molar-refractivity contribution in [3.63, 3.8) is 0 Å². The van der Waals surface area contributed by atoms with Gasteiger partial charge >= 0.3 is 0 Å². The van der Waals surface area contributed by atoms with Crippen LogP contribution in [-0.4, -0.2) is 30.7 Å². The lowest BCUT2D eigenvalue weighted by Gasteiger charge is -2.07. The third-order valence-electron chi connectivity index (χ3n) is 5.27. The quantitative estimate of drug-likeness (QED) is 0.207. The molecule has 0 fully saturated rings. The summed E-state index contributed by atoms with van der Waals surface area (Å²) in [7, 11) is 3.39. The number of aryl methyl sites for hydroxylation is 1. The predicted octanol–water partition coefficient (Wildman–Crippen LogP) is 6.35. The van der Waals surface area contributed by atoms with Crippen molar-refractivity contribution in [2.75, 3.05) is 13.1 Å². The summed E-state index contributed by atoms with van der Waals surface area (Å²) in [4.78, 5) is 37.3. The van der Waals surface area contributed by atoms with E-state index in [1.54, 1.807) is 28.5 Å². The zero-order chi connectivity index (χ0) is 24.6. The Labute approximate surface area is 211 Å². The van der Waals surface area contributed by atoms with Crippen LogP contribution in [0.2, 0.25) is 0 Å². The molecule has 2 aromatic carbocycles. The molecule has 0 aliphatic rings. The Kier molecular flexibility index (Phi) is 13.5. The van der Waals surface area contributed by atoms with E-state index in [9.17, 15) is 14.4 Å². The highest BCUT2D eigenvalue weighted by Gasteiger charge is 2.06. The van der Waals surface area contributed by atoms with Gasteiger partial charge in [-0.2, -0.15) is 0 Å². The van der Waals surface area contributed by atoms with Crippen LogP contribution in [0.4, 0.5) is 0 Å². The number of Topliss-reactive ketones (excluding diaryl/α,β-unsaturated/α-hetero) is 1. The number of nitrogens with one attached hydrogen (secondary N) is 2. The number of carbonyl (C=O) groups excluding carboxylic acids is 3. The van der Waals surface area contributed by atoms with Crippen LogP contribution < -0.4 is 10.6 Å². The van der Waals surface area contributed by atoms with Crippen LogP contribution in [-0.2, 0) is 9.59 Å². The predicted molar refractivity (Wildman–Crippen MR) is 142 cm³/mol. The molecular weight excluding hydrogens is 464 g/mol. The number of hydrogen-bond acceptors (Lipinski definition) is 5. The summed E-state index contributed by atoms with van der Waals surface area (Å²) in [6.45, 7) is 5.00. The normalized spacial score (nSPS) is 10.6. The Hall–Kier alpha value is -2.25. The number of rotatable bonds is 16. The van der Waals surface area contributed by atoms with Crippen molar-refractivity contribution in [1.82, 2.24) is 10.6 Å². The van der Waals surface area contributed by atoms with Crippen LogP contribution in [0.3, 0.4) is 0 Å². The maximum absolute atomic E-state index is 12.3. The monoisotopic (exact) mass is 500 g/mol. The molecule has 5 nitrogen and oxygen atoms in total. The minimum absolute atomic E-state index is 0.0419. The van der Waals surface area contributed by atoms with Crippen molar-refractivity contribution in [3.8, 4) is 0 Å². The molecule has 2 aromatic rings. The van der Waals surface area contributed by atoms with Gasteiger partial charge in [0.05, 0.1) is 0 Å². The Morgan fingerprint density at radius 2 is 1.21 bits per heavy atom. The van der Waals surface area contributed by atoms with Crippen LogP contribution in [0.25, 0.3) is 0 Å². The lowest BCUT2D eigenvalue weighted by Crippen LogP contribution is -2.25. The van der Waals surface area contributed by atoms with Gasteiger partial charge in [-0.1, -0.05) is 52.1 Å². The number of hydrogen-bond donors (Lipinski definition) is 2. The van der Waals surface area contributed by atoms with Gasteiger partial charge in [-0.15, -0.1) is 0 Å². The van der Waals surface area contributed by atoms with Gasteiger partial charge in [-0.25, -0.2) is 0 Å². The zero-order valence-corrected chi connectivity index (χ0v) is 21.9. The molecule has 34 heavy (non-hydrogen) atoms. The van der Waals surface area contributed by atoms with Gasteiger partial charge in [0.2, 0.25) is 5.91 Å². The summed E-state index contributed by atoms with van der Waals surface area (Å²) in [6, 6.07) is 16.2. The highest BCUT2D eigenvalue weighted by molar-refractivity contribution is 8.76. The molecule has 0 bridgehead atoms. The second-order valence-electron chi connectivity index (χ2n) is 8.43. The molecule has 0 saturated carbocycles. The molecule has 7 heteroatoms. The first-order valence-corrected chi connectivity index (χ1v) is 14.1. The van der Waals surface area contributed by atoms with Crippen molar-refractivity contribution in [1.29, 1.82) is 0 Å². The van der Waals surface area contributed by atoms with Gasteiger partial charge in [0, 0.05) is 41.3 Å². The smallest absolute Gasteiger partial charge is 0.251 e.